The Bertz CT molecular complexity index is 2220. The van der Waals surface area contributed by atoms with Crippen molar-refractivity contribution in [3.8, 4) is 0 Å². The van der Waals surface area contributed by atoms with Crippen LogP contribution in [-0.4, -0.2) is 80.8 Å². The molecule has 1 aromatic heterocycles. The van der Waals surface area contributed by atoms with Crippen LogP contribution in [0.3, 0.4) is 0 Å². The first-order valence-corrected chi connectivity index (χ1v) is 20.4. The number of H-pyrrole nitrogens is 1. The number of rotatable bonds is 22. The van der Waals surface area contributed by atoms with Gasteiger partial charge in [-0.2, -0.15) is 0 Å². The molecule has 0 radical (unpaired) electrons. The lowest BCUT2D eigenvalue weighted by Gasteiger charge is -2.33. The van der Waals surface area contributed by atoms with Gasteiger partial charge in [0.2, 0.25) is 5.91 Å². The molecular weight excluding hydrogens is 782 g/mol. The second-order valence-corrected chi connectivity index (χ2v) is 15.0. The van der Waals surface area contributed by atoms with Gasteiger partial charge in [0.15, 0.2) is 0 Å². The number of aryl methyl sites for hydroxylation is 2. The zero-order valence-corrected chi connectivity index (χ0v) is 35.4. The third-order valence-electron chi connectivity index (χ3n) is 10.6. The number of nitrogens with one attached hydrogen (secondary N) is 3. The molecule has 0 aliphatic rings. The zero-order chi connectivity index (χ0) is 42.3. The SMILES string of the molecule is CCCC(CCC)N(CCN(C)C(=O)CCC(=O)O)Cc1cccc(C(=O)Nc2[nH]c3ccccc3c2C(=O)Nc2ccc(CCCc3ccc(C(=O)O)cc3)cc2)c1.Cl. The summed E-state index contributed by atoms with van der Waals surface area (Å²) in [5.74, 6) is -2.60. The summed E-state index contributed by atoms with van der Waals surface area (Å²) in [5.41, 5.74) is 5.45. The fraction of sp³-hybridized carbons (Fsp3) is 0.340. The fourth-order valence-electron chi connectivity index (χ4n) is 7.34. The molecule has 0 bridgehead atoms. The Kier molecular flexibility index (Phi) is 17.9. The Hall–Kier alpha value is -5.98. The highest BCUT2D eigenvalue weighted by molar-refractivity contribution is 6.19. The van der Waals surface area contributed by atoms with Gasteiger partial charge in [-0.05, 0) is 91.3 Å². The molecule has 5 N–H and O–H groups in total. The number of benzene rings is 4. The van der Waals surface area contributed by atoms with Crippen molar-refractivity contribution in [2.75, 3.05) is 30.8 Å². The molecule has 1 heterocycles. The molecule has 0 unspecified atom stereocenters. The van der Waals surface area contributed by atoms with E-state index in [9.17, 15) is 24.0 Å². The van der Waals surface area contributed by atoms with Gasteiger partial charge in [0.25, 0.3) is 11.8 Å². The number of carbonyl (C=O) groups is 5. The molecule has 0 aliphatic heterocycles. The van der Waals surface area contributed by atoms with Crippen molar-refractivity contribution in [3.63, 3.8) is 0 Å². The summed E-state index contributed by atoms with van der Waals surface area (Å²) in [5, 5.41) is 24.8. The number of nitrogens with zero attached hydrogens (tertiary/aromatic N) is 2. The van der Waals surface area contributed by atoms with Crippen molar-refractivity contribution in [3.05, 3.63) is 130 Å². The Morgan fingerprint density at radius 1 is 0.700 bits per heavy atom. The third kappa shape index (κ3) is 13.3. The summed E-state index contributed by atoms with van der Waals surface area (Å²) in [7, 11) is 1.70. The first kappa shape index (κ1) is 46.7. The van der Waals surface area contributed by atoms with Gasteiger partial charge in [-0.3, -0.25) is 24.1 Å². The van der Waals surface area contributed by atoms with E-state index < -0.39 is 11.9 Å². The number of para-hydroxylation sites is 1. The summed E-state index contributed by atoms with van der Waals surface area (Å²) in [6.45, 7) is 5.91. The number of anilines is 2. The average molecular weight is 838 g/mol. The third-order valence-corrected chi connectivity index (χ3v) is 10.6. The number of aromatic carboxylic acids is 1. The molecule has 0 atom stereocenters. The fourth-order valence-corrected chi connectivity index (χ4v) is 7.34. The van der Waals surface area contributed by atoms with Crippen molar-refractivity contribution >= 4 is 64.5 Å². The Morgan fingerprint density at radius 2 is 1.35 bits per heavy atom. The molecule has 4 aromatic carbocycles. The molecule has 12 nitrogen and oxygen atoms in total. The van der Waals surface area contributed by atoms with Gasteiger partial charge in [-0.25, -0.2) is 4.79 Å². The van der Waals surface area contributed by atoms with Crippen LogP contribution in [0.25, 0.3) is 10.9 Å². The van der Waals surface area contributed by atoms with Crippen molar-refractivity contribution in [1.29, 1.82) is 0 Å². The highest BCUT2D eigenvalue weighted by atomic mass is 35.5. The number of amides is 3. The van der Waals surface area contributed by atoms with E-state index in [4.69, 9.17) is 10.2 Å². The molecule has 5 aromatic rings. The van der Waals surface area contributed by atoms with Crippen molar-refractivity contribution in [2.24, 2.45) is 0 Å². The smallest absolute Gasteiger partial charge is 0.335 e. The predicted octanol–water partition coefficient (Wildman–Crippen LogP) is 9.06. The molecule has 0 saturated heterocycles. The van der Waals surface area contributed by atoms with E-state index in [2.05, 4.69) is 34.4 Å². The summed E-state index contributed by atoms with van der Waals surface area (Å²) in [6, 6.07) is 29.7. The Morgan fingerprint density at radius 3 is 1.98 bits per heavy atom. The number of aliphatic carboxylic acids is 1. The molecule has 0 fully saturated rings. The molecule has 0 saturated carbocycles. The number of hydrogen-bond acceptors (Lipinski definition) is 6. The van der Waals surface area contributed by atoms with E-state index in [1.807, 2.05) is 78.9 Å². The van der Waals surface area contributed by atoms with Crippen LogP contribution in [0.5, 0.6) is 0 Å². The highest BCUT2D eigenvalue weighted by Crippen LogP contribution is 2.28. The predicted molar refractivity (Wildman–Crippen MR) is 238 cm³/mol. The standard InChI is InChI=1S/C47H55N5O7.ClH/c1-4-10-38(11-5-2)52(29-28-51(3)41(53)26-27-42(54)55)31-34-14-9-15-36(30-34)45(56)50-44-43(39-16-6-7-17-40(39)49-44)46(57)48-37-24-20-33(21-25-37)13-8-12-32-18-22-35(23-19-32)47(58)59;/h6-7,9,14-25,30,38,49H,4-5,8,10-13,26-29,31H2,1-3H3,(H,48,57)(H,50,56)(H,54,55)(H,58,59);1H. The minimum absolute atomic E-state index is 0. The van der Waals surface area contributed by atoms with E-state index in [0.29, 0.717) is 47.4 Å². The van der Waals surface area contributed by atoms with Gasteiger partial charge in [-0.15, -0.1) is 12.4 Å². The summed E-state index contributed by atoms with van der Waals surface area (Å²) in [6.07, 6.45) is 6.23. The Labute approximate surface area is 357 Å². The number of carboxylic acid groups (broad SMARTS) is 2. The number of carbonyl (C=O) groups excluding carboxylic acids is 3. The van der Waals surface area contributed by atoms with Crippen LogP contribution in [0.1, 0.15) is 107 Å². The molecule has 5 rings (SSSR count). The van der Waals surface area contributed by atoms with Crippen LogP contribution in [-0.2, 0) is 29.0 Å². The lowest BCUT2D eigenvalue weighted by Crippen LogP contribution is -2.41. The number of hydrogen-bond donors (Lipinski definition) is 5. The second-order valence-electron chi connectivity index (χ2n) is 15.0. The minimum Gasteiger partial charge on any atom is -0.481 e. The highest BCUT2D eigenvalue weighted by Gasteiger charge is 2.23. The monoisotopic (exact) mass is 837 g/mol. The molecule has 0 spiro atoms. The van der Waals surface area contributed by atoms with E-state index >= 15 is 0 Å². The van der Waals surface area contributed by atoms with Gasteiger partial charge in [0.05, 0.1) is 17.5 Å². The van der Waals surface area contributed by atoms with Crippen LogP contribution in [0.2, 0.25) is 0 Å². The van der Waals surface area contributed by atoms with Gasteiger partial charge in [-0.1, -0.05) is 81.3 Å². The minimum atomic E-state index is -0.997. The first-order chi connectivity index (χ1) is 28.4. The summed E-state index contributed by atoms with van der Waals surface area (Å²) >= 11 is 0. The van der Waals surface area contributed by atoms with Gasteiger partial charge in [0.1, 0.15) is 5.82 Å². The summed E-state index contributed by atoms with van der Waals surface area (Å²) < 4.78 is 0. The lowest BCUT2D eigenvalue weighted by molar-refractivity contribution is -0.140. The van der Waals surface area contributed by atoms with Gasteiger partial charge in [0, 0.05) is 61.3 Å². The van der Waals surface area contributed by atoms with E-state index in [-0.39, 0.29) is 60.4 Å². The summed E-state index contributed by atoms with van der Waals surface area (Å²) in [4.78, 5) is 69.7. The molecule has 318 valence electrons. The topological polar surface area (TPSA) is 172 Å². The molecular formula is C47H56ClN5O7. The first-order valence-electron chi connectivity index (χ1n) is 20.4. The number of aromatic nitrogens is 1. The molecule has 0 aliphatic carbocycles. The maximum atomic E-state index is 13.9. The van der Waals surface area contributed by atoms with E-state index in [1.165, 1.54) is 0 Å². The number of carboxylic acids is 2. The zero-order valence-electron chi connectivity index (χ0n) is 34.5. The largest absolute Gasteiger partial charge is 0.481 e. The van der Waals surface area contributed by atoms with Crippen molar-refractivity contribution < 1.29 is 34.2 Å². The quantitative estimate of drug-likeness (QED) is 0.0460. The number of halogens is 1. The van der Waals surface area contributed by atoms with Crippen molar-refractivity contribution in [2.45, 2.75) is 84.2 Å². The molecule has 3 amide bonds. The Balaban J connectivity index is 0.00000794. The van der Waals surface area contributed by atoms with Crippen molar-refractivity contribution in [1.82, 2.24) is 14.8 Å². The molecule has 13 heteroatoms. The maximum absolute atomic E-state index is 13.9. The van der Waals surface area contributed by atoms with Crippen LogP contribution in [0, 0.1) is 0 Å². The normalized spacial score (nSPS) is 11.0. The van der Waals surface area contributed by atoms with Crippen LogP contribution in [0.4, 0.5) is 11.5 Å². The van der Waals surface area contributed by atoms with Gasteiger partial charge < -0.3 is 30.7 Å². The van der Waals surface area contributed by atoms with Crippen LogP contribution in [0.15, 0.2) is 97.1 Å². The number of aromatic amines is 1. The maximum Gasteiger partial charge on any atom is 0.335 e. The molecule has 60 heavy (non-hydrogen) atoms. The van der Waals surface area contributed by atoms with Crippen LogP contribution >= 0.6 is 12.4 Å². The average Bonchev–Trinajstić information content (AvgIpc) is 3.60. The second kappa shape index (κ2) is 23.0. The van der Waals surface area contributed by atoms with E-state index in [1.54, 1.807) is 30.1 Å². The van der Waals surface area contributed by atoms with Crippen LogP contribution < -0.4 is 10.6 Å². The number of fused-ring (bicyclic) bond motifs is 1. The van der Waals surface area contributed by atoms with Gasteiger partial charge >= 0.3 is 11.9 Å². The lowest BCUT2D eigenvalue weighted by atomic mass is 10.0. The van der Waals surface area contributed by atoms with E-state index in [0.717, 1.165) is 61.6 Å². The number of likely N-dealkylation sites (N-methyl/N-ethyl adjacent to an activating group) is 1.